The molecular formula is C14H18IN. The molecule has 0 spiro atoms. The quantitative estimate of drug-likeness (QED) is 0.563. The Morgan fingerprint density at radius 1 is 1.19 bits per heavy atom. The van der Waals surface area contributed by atoms with Crippen LogP contribution in [0.1, 0.15) is 44.6 Å². The van der Waals surface area contributed by atoms with Gasteiger partial charge in [-0.1, -0.05) is 37.5 Å². The lowest BCUT2D eigenvalue weighted by molar-refractivity contribution is 0.443. The summed E-state index contributed by atoms with van der Waals surface area (Å²) >= 11 is 2.39. The average molecular weight is 327 g/mol. The van der Waals surface area contributed by atoms with Gasteiger partial charge >= 0.3 is 0 Å². The summed E-state index contributed by atoms with van der Waals surface area (Å²) in [5.74, 6) is 0. The van der Waals surface area contributed by atoms with E-state index in [4.69, 9.17) is 4.99 Å². The average Bonchev–Trinajstić information content (AvgIpc) is 2.31. The van der Waals surface area contributed by atoms with Crippen molar-refractivity contribution in [3.05, 3.63) is 33.4 Å². The minimum absolute atomic E-state index is 0.574. The summed E-state index contributed by atoms with van der Waals surface area (Å²) in [7, 11) is 0. The molecule has 0 N–H and O–H groups in total. The van der Waals surface area contributed by atoms with Crippen LogP contribution in [0.4, 0.5) is 0 Å². The van der Waals surface area contributed by atoms with Gasteiger partial charge in [0.15, 0.2) is 0 Å². The highest BCUT2D eigenvalue weighted by atomic mass is 127. The van der Waals surface area contributed by atoms with Crippen molar-refractivity contribution in [1.29, 1.82) is 0 Å². The van der Waals surface area contributed by atoms with Gasteiger partial charge in [0, 0.05) is 14.8 Å². The van der Waals surface area contributed by atoms with Crippen LogP contribution in [0.15, 0.2) is 29.3 Å². The second-order valence-electron chi connectivity index (χ2n) is 4.49. The zero-order valence-electron chi connectivity index (χ0n) is 9.75. The van der Waals surface area contributed by atoms with Crippen molar-refractivity contribution >= 4 is 28.3 Å². The Labute approximate surface area is 112 Å². The number of aliphatic imine (C=N–C) groups is 1. The van der Waals surface area contributed by atoms with Gasteiger partial charge in [0.2, 0.25) is 0 Å². The molecule has 0 heterocycles. The van der Waals surface area contributed by atoms with Crippen LogP contribution in [0, 0.1) is 3.57 Å². The van der Waals surface area contributed by atoms with Crippen molar-refractivity contribution in [2.24, 2.45) is 4.99 Å². The minimum atomic E-state index is 0.574. The predicted octanol–water partition coefficient (Wildman–Crippen LogP) is 4.43. The second kappa shape index (κ2) is 5.80. The van der Waals surface area contributed by atoms with E-state index < -0.39 is 0 Å². The van der Waals surface area contributed by atoms with E-state index in [-0.39, 0.29) is 0 Å². The van der Waals surface area contributed by atoms with Crippen molar-refractivity contribution in [3.8, 4) is 0 Å². The zero-order chi connectivity index (χ0) is 11.4. The fourth-order valence-corrected chi connectivity index (χ4v) is 3.09. The Balaban J connectivity index is 2.14. The summed E-state index contributed by atoms with van der Waals surface area (Å²) in [5.41, 5.74) is 2.51. The molecule has 0 atom stereocenters. The van der Waals surface area contributed by atoms with Gasteiger partial charge in [-0.2, -0.15) is 0 Å². The predicted molar refractivity (Wildman–Crippen MR) is 78.2 cm³/mol. The Hall–Kier alpha value is -0.380. The van der Waals surface area contributed by atoms with Crippen LogP contribution in [-0.4, -0.2) is 11.8 Å². The number of hydrogen-bond acceptors (Lipinski definition) is 1. The van der Waals surface area contributed by atoms with Crippen LogP contribution >= 0.6 is 22.6 Å². The first kappa shape index (κ1) is 12.1. The van der Waals surface area contributed by atoms with E-state index in [2.05, 4.69) is 53.8 Å². The lowest BCUT2D eigenvalue weighted by atomic mass is 9.95. The van der Waals surface area contributed by atoms with Gasteiger partial charge in [0.05, 0.1) is 6.04 Å². The lowest BCUT2D eigenvalue weighted by Gasteiger charge is -2.18. The summed E-state index contributed by atoms with van der Waals surface area (Å²) in [6, 6.07) is 9.07. The van der Waals surface area contributed by atoms with E-state index in [0.717, 1.165) is 0 Å². The maximum absolute atomic E-state index is 4.88. The molecule has 86 valence electrons. The molecule has 1 aromatic rings. The van der Waals surface area contributed by atoms with Crippen LogP contribution in [0.25, 0.3) is 0 Å². The molecular weight excluding hydrogens is 309 g/mol. The molecule has 0 aromatic heterocycles. The maximum Gasteiger partial charge on any atom is 0.0503 e. The molecule has 1 fully saturated rings. The van der Waals surface area contributed by atoms with Crippen molar-refractivity contribution < 1.29 is 0 Å². The van der Waals surface area contributed by atoms with Gasteiger partial charge in [-0.15, -0.1) is 0 Å². The Bertz CT molecular complexity index is 378. The number of benzene rings is 1. The molecule has 1 aromatic carbocycles. The summed E-state index contributed by atoms with van der Waals surface area (Å²) < 4.78 is 1.30. The normalized spacial score (nSPS) is 18.8. The SMILES string of the molecule is CC(=NC1CCCCC1)c1ccccc1I. The largest absolute Gasteiger partial charge is 0.286 e. The summed E-state index contributed by atoms with van der Waals surface area (Å²) in [5, 5.41) is 0. The van der Waals surface area contributed by atoms with Gasteiger partial charge in [-0.25, -0.2) is 0 Å². The first-order chi connectivity index (χ1) is 7.77. The maximum atomic E-state index is 4.88. The molecule has 0 bridgehead atoms. The lowest BCUT2D eigenvalue weighted by Crippen LogP contribution is -2.12. The van der Waals surface area contributed by atoms with Crippen LogP contribution in [0.3, 0.4) is 0 Å². The minimum Gasteiger partial charge on any atom is -0.286 e. The molecule has 1 aliphatic rings. The summed E-state index contributed by atoms with van der Waals surface area (Å²) in [4.78, 5) is 4.88. The molecule has 2 heteroatoms. The van der Waals surface area contributed by atoms with E-state index >= 15 is 0 Å². The van der Waals surface area contributed by atoms with Gasteiger partial charge in [-0.05, 0) is 48.4 Å². The van der Waals surface area contributed by atoms with Gasteiger partial charge in [0.1, 0.15) is 0 Å². The fraction of sp³-hybridized carbons (Fsp3) is 0.500. The van der Waals surface area contributed by atoms with Crippen molar-refractivity contribution in [2.45, 2.75) is 45.1 Å². The molecule has 1 nitrogen and oxygen atoms in total. The van der Waals surface area contributed by atoms with E-state index in [1.807, 2.05) is 0 Å². The van der Waals surface area contributed by atoms with Crippen LogP contribution < -0.4 is 0 Å². The van der Waals surface area contributed by atoms with E-state index in [9.17, 15) is 0 Å². The van der Waals surface area contributed by atoms with Crippen molar-refractivity contribution in [3.63, 3.8) is 0 Å². The highest BCUT2D eigenvalue weighted by Crippen LogP contribution is 2.22. The second-order valence-corrected chi connectivity index (χ2v) is 5.65. The monoisotopic (exact) mass is 327 g/mol. The first-order valence-corrected chi connectivity index (χ1v) is 7.14. The third kappa shape index (κ3) is 3.06. The number of nitrogens with zero attached hydrogens (tertiary/aromatic N) is 1. The number of rotatable bonds is 2. The summed E-state index contributed by atoms with van der Waals surface area (Å²) in [6.45, 7) is 2.14. The molecule has 0 radical (unpaired) electrons. The van der Waals surface area contributed by atoms with Gasteiger partial charge in [-0.3, -0.25) is 4.99 Å². The Kier molecular flexibility index (Phi) is 4.38. The third-order valence-corrected chi connectivity index (χ3v) is 4.16. The van der Waals surface area contributed by atoms with E-state index in [1.54, 1.807) is 0 Å². The molecule has 0 amide bonds. The molecule has 0 aliphatic heterocycles. The molecule has 2 rings (SSSR count). The van der Waals surface area contributed by atoms with Gasteiger partial charge < -0.3 is 0 Å². The van der Waals surface area contributed by atoms with Gasteiger partial charge in [0.25, 0.3) is 0 Å². The highest BCUT2D eigenvalue weighted by Gasteiger charge is 2.12. The standard InChI is InChI=1S/C14H18IN/c1-11(13-9-5-6-10-14(13)15)16-12-7-3-2-4-8-12/h5-6,9-10,12H,2-4,7-8H2,1H3. The molecule has 1 saturated carbocycles. The number of halogens is 1. The number of hydrogen-bond donors (Lipinski definition) is 0. The molecule has 0 unspecified atom stereocenters. The third-order valence-electron chi connectivity index (χ3n) is 3.21. The zero-order valence-corrected chi connectivity index (χ0v) is 11.9. The summed E-state index contributed by atoms with van der Waals surface area (Å²) in [6.07, 6.45) is 6.66. The topological polar surface area (TPSA) is 12.4 Å². The Morgan fingerprint density at radius 2 is 1.88 bits per heavy atom. The van der Waals surface area contributed by atoms with Crippen LogP contribution in [-0.2, 0) is 0 Å². The fourth-order valence-electron chi connectivity index (χ4n) is 2.31. The van der Waals surface area contributed by atoms with E-state index in [0.29, 0.717) is 6.04 Å². The van der Waals surface area contributed by atoms with Crippen molar-refractivity contribution in [1.82, 2.24) is 0 Å². The van der Waals surface area contributed by atoms with Crippen molar-refractivity contribution in [2.75, 3.05) is 0 Å². The molecule has 0 saturated heterocycles. The first-order valence-electron chi connectivity index (χ1n) is 6.06. The smallest absolute Gasteiger partial charge is 0.0503 e. The van der Waals surface area contributed by atoms with E-state index in [1.165, 1.54) is 46.9 Å². The Morgan fingerprint density at radius 3 is 2.56 bits per heavy atom. The highest BCUT2D eigenvalue weighted by molar-refractivity contribution is 14.1. The van der Waals surface area contributed by atoms with Crippen LogP contribution in [0.5, 0.6) is 0 Å². The van der Waals surface area contributed by atoms with Crippen LogP contribution in [0.2, 0.25) is 0 Å². The molecule has 16 heavy (non-hydrogen) atoms. The molecule has 1 aliphatic carbocycles.